The second-order valence-electron chi connectivity index (χ2n) is 3.42. The Morgan fingerprint density at radius 2 is 2.19 bits per heavy atom. The topological polar surface area (TPSA) is 57.8 Å². The summed E-state index contributed by atoms with van der Waals surface area (Å²) >= 11 is 2.25. The number of anilines is 2. The molecule has 5 heteroatoms. The molecule has 2 rings (SSSR count). The third-order valence-electron chi connectivity index (χ3n) is 1.98. The zero-order valence-corrected chi connectivity index (χ0v) is 10.8. The number of nitrogens with one attached hydrogen (secondary N) is 2. The molecule has 0 aliphatic rings. The maximum absolute atomic E-state index is 11.1. The minimum absolute atomic E-state index is 0.167. The van der Waals surface area contributed by atoms with Gasteiger partial charge in [0.15, 0.2) is 0 Å². The summed E-state index contributed by atoms with van der Waals surface area (Å²) in [5.74, 6) is 0.453. The predicted molar refractivity (Wildman–Crippen MR) is 72.0 cm³/mol. The molecule has 1 aromatic carbocycles. The molecular formula is C11H10IN3O. The van der Waals surface area contributed by atoms with Crippen LogP contribution in [0.4, 0.5) is 11.6 Å². The molecule has 0 saturated carbocycles. The fourth-order valence-electron chi connectivity index (χ4n) is 1.38. The monoisotopic (exact) mass is 327 g/mol. The summed E-state index contributed by atoms with van der Waals surface area (Å²) in [6.45, 7) is 2.02. The molecule has 0 saturated heterocycles. The van der Waals surface area contributed by atoms with Gasteiger partial charge in [-0.2, -0.15) is 0 Å². The van der Waals surface area contributed by atoms with Crippen LogP contribution in [0.1, 0.15) is 5.56 Å². The number of hydrogen-bond donors (Lipinski definition) is 2. The number of aryl methyl sites for hydroxylation is 1. The fourth-order valence-corrected chi connectivity index (χ4v) is 2.21. The molecular weight excluding hydrogens is 317 g/mol. The van der Waals surface area contributed by atoms with Crippen LogP contribution in [0.3, 0.4) is 0 Å². The first-order valence-corrected chi connectivity index (χ1v) is 5.81. The molecule has 0 fully saturated rings. The largest absolute Gasteiger partial charge is 0.326 e. The van der Waals surface area contributed by atoms with Crippen molar-refractivity contribution in [3.63, 3.8) is 0 Å². The smallest absolute Gasteiger partial charge is 0.252 e. The van der Waals surface area contributed by atoms with Crippen molar-refractivity contribution in [2.75, 3.05) is 5.32 Å². The molecule has 82 valence electrons. The Kier molecular flexibility index (Phi) is 3.23. The van der Waals surface area contributed by atoms with Crippen LogP contribution < -0.4 is 10.9 Å². The van der Waals surface area contributed by atoms with Gasteiger partial charge in [-0.25, -0.2) is 4.98 Å². The molecule has 0 aliphatic heterocycles. The van der Waals surface area contributed by atoms with E-state index in [-0.39, 0.29) is 5.56 Å². The van der Waals surface area contributed by atoms with E-state index in [0.717, 1.165) is 14.8 Å². The van der Waals surface area contributed by atoms with Gasteiger partial charge in [0, 0.05) is 21.5 Å². The van der Waals surface area contributed by atoms with E-state index in [1.807, 2.05) is 19.1 Å². The van der Waals surface area contributed by atoms with Gasteiger partial charge in [0.1, 0.15) is 0 Å². The zero-order valence-electron chi connectivity index (χ0n) is 8.62. The highest BCUT2D eigenvalue weighted by molar-refractivity contribution is 14.1. The van der Waals surface area contributed by atoms with Crippen molar-refractivity contribution < 1.29 is 0 Å². The third-order valence-corrected chi connectivity index (χ3v) is 2.60. The van der Waals surface area contributed by atoms with Gasteiger partial charge in [-0.1, -0.05) is 0 Å². The van der Waals surface area contributed by atoms with Crippen molar-refractivity contribution in [3.8, 4) is 0 Å². The average molecular weight is 327 g/mol. The van der Waals surface area contributed by atoms with Gasteiger partial charge in [0.25, 0.3) is 5.56 Å². The van der Waals surface area contributed by atoms with Crippen LogP contribution in [0, 0.1) is 10.5 Å². The molecule has 1 aromatic heterocycles. The van der Waals surface area contributed by atoms with Gasteiger partial charge in [0.2, 0.25) is 5.95 Å². The number of aromatic nitrogens is 2. The highest BCUT2D eigenvalue weighted by Crippen LogP contribution is 2.18. The SMILES string of the molecule is Cc1cc(I)cc(Nc2nccc(=O)[nH]2)c1. The number of nitrogens with zero attached hydrogens (tertiary/aromatic N) is 1. The molecule has 0 aliphatic carbocycles. The van der Waals surface area contributed by atoms with E-state index in [2.05, 4.69) is 43.9 Å². The van der Waals surface area contributed by atoms with E-state index in [4.69, 9.17) is 0 Å². The molecule has 4 nitrogen and oxygen atoms in total. The van der Waals surface area contributed by atoms with Crippen LogP contribution in [0.2, 0.25) is 0 Å². The van der Waals surface area contributed by atoms with Crippen LogP contribution in [0.5, 0.6) is 0 Å². The van der Waals surface area contributed by atoms with Gasteiger partial charge in [0.05, 0.1) is 0 Å². The fraction of sp³-hybridized carbons (Fsp3) is 0.0909. The van der Waals surface area contributed by atoms with E-state index in [0.29, 0.717) is 5.95 Å². The van der Waals surface area contributed by atoms with Crippen LogP contribution >= 0.6 is 22.6 Å². The lowest BCUT2D eigenvalue weighted by Crippen LogP contribution is -2.08. The maximum Gasteiger partial charge on any atom is 0.252 e. The third kappa shape index (κ3) is 2.82. The maximum atomic E-state index is 11.1. The minimum Gasteiger partial charge on any atom is -0.326 e. The Bertz CT molecular complexity index is 545. The molecule has 16 heavy (non-hydrogen) atoms. The van der Waals surface area contributed by atoms with E-state index in [1.54, 1.807) is 0 Å². The molecule has 0 radical (unpaired) electrons. The van der Waals surface area contributed by atoms with Gasteiger partial charge >= 0.3 is 0 Å². The van der Waals surface area contributed by atoms with E-state index in [9.17, 15) is 4.79 Å². The predicted octanol–water partition coefficient (Wildman–Crippen LogP) is 2.43. The van der Waals surface area contributed by atoms with Gasteiger partial charge < -0.3 is 5.32 Å². The average Bonchev–Trinajstić information content (AvgIpc) is 2.15. The Balaban J connectivity index is 2.30. The van der Waals surface area contributed by atoms with Gasteiger partial charge in [-0.3, -0.25) is 9.78 Å². The minimum atomic E-state index is -0.167. The highest BCUT2D eigenvalue weighted by Gasteiger charge is 1.98. The van der Waals surface area contributed by atoms with Crippen molar-refractivity contribution in [3.05, 3.63) is 49.9 Å². The van der Waals surface area contributed by atoms with Crippen LogP contribution in [0.15, 0.2) is 35.3 Å². The molecule has 0 bridgehead atoms. The van der Waals surface area contributed by atoms with Crippen molar-refractivity contribution in [2.24, 2.45) is 0 Å². The summed E-state index contributed by atoms with van der Waals surface area (Å²) in [4.78, 5) is 17.7. The summed E-state index contributed by atoms with van der Waals surface area (Å²) in [6, 6.07) is 7.44. The molecule has 1 heterocycles. The summed E-state index contributed by atoms with van der Waals surface area (Å²) in [5, 5.41) is 3.05. The number of aromatic amines is 1. The Hall–Kier alpha value is -1.37. The summed E-state index contributed by atoms with van der Waals surface area (Å²) < 4.78 is 1.14. The van der Waals surface area contributed by atoms with E-state index >= 15 is 0 Å². The van der Waals surface area contributed by atoms with E-state index < -0.39 is 0 Å². The van der Waals surface area contributed by atoms with Gasteiger partial charge in [-0.05, 0) is 53.3 Å². The van der Waals surface area contributed by atoms with Crippen LogP contribution in [-0.4, -0.2) is 9.97 Å². The molecule has 0 amide bonds. The van der Waals surface area contributed by atoms with Crippen molar-refractivity contribution in [1.29, 1.82) is 0 Å². The molecule has 0 atom stereocenters. The molecule has 0 spiro atoms. The van der Waals surface area contributed by atoms with Crippen molar-refractivity contribution in [2.45, 2.75) is 6.92 Å². The van der Waals surface area contributed by atoms with Crippen LogP contribution in [0.25, 0.3) is 0 Å². The molecule has 0 unspecified atom stereocenters. The first-order chi connectivity index (χ1) is 7.63. The zero-order chi connectivity index (χ0) is 11.5. The number of H-pyrrole nitrogens is 1. The quantitative estimate of drug-likeness (QED) is 0.833. The lowest BCUT2D eigenvalue weighted by molar-refractivity contribution is 1.12. The molecule has 2 N–H and O–H groups in total. The highest BCUT2D eigenvalue weighted by atomic mass is 127. The second-order valence-corrected chi connectivity index (χ2v) is 4.67. The Labute approximate surface area is 106 Å². The Morgan fingerprint density at radius 1 is 1.38 bits per heavy atom. The lowest BCUT2D eigenvalue weighted by Gasteiger charge is -2.06. The number of hydrogen-bond acceptors (Lipinski definition) is 3. The first kappa shape index (κ1) is 11.1. The summed E-state index contributed by atoms with van der Waals surface area (Å²) in [7, 11) is 0. The van der Waals surface area contributed by atoms with E-state index in [1.165, 1.54) is 12.3 Å². The first-order valence-electron chi connectivity index (χ1n) is 4.73. The second kappa shape index (κ2) is 4.65. The summed E-state index contributed by atoms with van der Waals surface area (Å²) in [6.07, 6.45) is 1.47. The number of rotatable bonds is 2. The summed E-state index contributed by atoms with van der Waals surface area (Å²) in [5.41, 5.74) is 1.91. The number of benzene rings is 1. The normalized spacial score (nSPS) is 10.1. The molecule has 2 aromatic rings. The van der Waals surface area contributed by atoms with Crippen molar-refractivity contribution in [1.82, 2.24) is 9.97 Å². The Morgan fingerprint density at radius 3 is 2.88 bits per heavy atom. The van der Waals surface area contributed by atoms with Crippen LogP contribution in [-0.2, 0) is 0 Å². The van der Waals surface area contributed by atoms with Gasteiger partial charge in [-0.15, -0.1) is 0 Å². The number of halogens is 1. The van der Waals surface area contributed by atoms with Crippen molar-refractivity contribution >= 4 is 34.2 Å². The standard InChI is InChI=1S/C11H10IN3O/c1-7-4-8(12)6-9(5-7)14-11-13-3-2-10(16)15-11/h2-6H,1H3,(H2,13,14,15,16). The lowest BCUT2D eigenvalue weighted by atomic mass is 10.2.